The standard InChI is InChI=1S/C6H6O5/c7-4(8)2-1-3-5(11-3)6(9)10/h1-3,5H,(H,7,8)(H,9,10). The molecule has 0 spiro atoms. The van der Waals surface area contributed by atoms with Gasteiger partial charge in [0.05, 0.1) is 0 Å². The van der Waals surface area contributed by atoms with Crippen molar-refractivity contribution >= 4 is 11.9 Å². The van der Waals surface area contributed by atoms with Crippen molar-refractivity contribution < 1.29 is 24.5 Å². The Morgan fingerprint density at radius 2 is 2.00 bits per heavy atom. The second kappa shape index (κ2) is 2.71. The normalized spacial score (nSPS) is 28.7. The minimum absolute atomic E-state index is 0.566. The summed E-state index contributed by atoms with van der Waals surface area (Å²) >= 11 is 0. The summed E-state index contributed by atoms with van der Waals surface area (Å²) in [4.78, 5) is 20.0. The van der Waals surface area contributed by atoms with Crippen LogP contribution in [-0.2, 0) is 14.3 Å². The summed E-state index contributed by atoms with van der Waals surface area (Å²) in [6.07, 6.45) is 0.656. The first-order chi connectivity index (χ1) is 5.11. The topological polar surface area (TPSA) is 87.1 Å². The number of hydrogen-bond donors (Lipinski definition) is 2. The van der Waals surface area contributed by atoms with Crippen molar-refractivity contribution in [2.75, 3.05) is 0 Å². The largest absolute Gasteiger partial charge is 0.479 e. The summed E-state index contributed by atoms with van der Waals surface area (Å²) in [6, 6.07) is 0. The zero-order chi connectivity index (χ0) is 8.43. The predicted octanol–water partition coefficient (Wildman–Crippen LogP) is -0.521. The molecule has 0 aromatic heterocycles. The average Bonchev–Trinajstić information content (AvgIpc) is 2.61. The summed E-state index contributed by atoms with van der Waals surface area (Å²) in [6.45, 7) is 0. The molecule has 1 aliphatic heterocycles. The molecule has 0 aromatic rings. The number of ether oxygens (including phenoxy) is 1. The summed E-state index contributed by atoms with van der Waals surface area (Å²) in [5.74, 6) is -2.17. The van der Waals surface area contributed by atoms with Crippen molar-refractivity contribution in [2.24, 2.45) is 0 Å². The molecule has 5 nitrogen and oxygen atoms in total. The fourth-order valence-electron chi connectivity index (χ4n) is 0.646. The highest BCUT2D eigenvalue weighted by atomic mass is 16.6. The van der Waals surface area contributed by atoms with Crippen LogP contribution in [0.2, 0.25) is 0 Å². The molecule has 0 radical (unpaired) electrons. The molecule has 0 aliphatic carbocycles. The maximum absolute atomic E-state index is 10.1. The molecule has 2 N–H and O–H groups in total. The van der Waals surface area contributed by atoms with Gasteiger partial charge in [-0.25, -0.2) is 9.59 Å². The summed E-state index contributed by atoms with van der Waals surface area (Å²) in [7, 11) is 0. The highest BCUT2D eigenvalue weighted by Crippen LogP contribution is 2.22. The van der Waals surface area contributed by atoms with Gasteiger partial charge in [0.25, 0.3) is 0 Å². The monoisotopic (exact) mass is 158 g/mol. The van der Waals surface area contributed by atoms with Crippen LogP contribution < -0.4 is 0 Å². The van der Waals surface area contributed by atoms with Crippen LogP contribution in [0.15, 0.2) is 12.2 Å². The van der Waals surface area contributed by atoms with Gasteiger partial charge in [0.2, 0.25) is 0 Å². The van der Waals surface area contributed by atoms with Gasteiger partial charge in [-0.1, -0.05) is 0 Å². The van der Waals surface area contributed by atoms with Crippen LogP contribution in [0.5, 0.6) is 0 Å². The van der Waals surface area contributed by atoms with Crippen LogP contribution in [0.3, 0.4) is 0 Å². The van der Waals surface area contributed by atoms with Gasteiger partial charge in [0, 0.05) is 6.08 Å². The number of aliphatic carboxylic acids is 2. The smallest absolute Gasteiger partial charge is 0.335 e. The molecule has 1 heterocycles. The first-order valence-corrected chi connectivity index (χ1v) is 2.90. The fraction of sp³-hybridized carbons (Fsp3) is 0.333. The molecule has 11 heavy (non-hydrogen) atoms. The van der Waals surface area contributed by atoms with Crippen molar-refractivity contribution in [3.63, 3.8) is 0 Å². The number of carboxylic acid groups (broad SMARTS) is 2. The molecule has 0 aromatic carbocycles. The summed E-state index contributed by atoms with van der Waals surface area (Å²) < 4.78 is 4.58. The van der Waals surface area contributed by atoms with Crippen LogP contribution in [0.1, 0.15) is 0 Å². The lowest BCUT2D eigenvalue weighted by Crippen LogP contribution is -2.06. The molecule has 1 aliphatic rings. The van der Waals surface area contributed by atoms with E-state index in [0.29, 0.717) is 0 Å². The van der Waals surface area contributed by atoms with Crippen molar-refractivity contribution in [3.8, 4) is 0 Å². The van der Waals surface area contributed by atoms with Crippen LogP contribution >= 0.6 is 0 Å². The molecule has 1 fully saturated rings. The van der Waals surface area contributed by atoms with Gasteiger partial charge in [-0.3, -0.25) is 0 Å². The molecular formula is C6H6O5. The van der Waals surface area contributed by atoms with E-state index in [0.717, 1.165) is 6.08 Å². The first kappa shape index (κ1) is 7.74. The Morgan fingerprint density at radius 1 is 1.36 bits per heavy atom. The Bertz CT molecular complexity index is 219. The van der Waals surface area contributed by atoms with Gasteiger partial charge in [-0.05, 0) is 6.08 Å². The van der Waals surface area contributed by atoms with E-state index >= 15 is 0 Å². The van der Waals surface area contributed by atoms with E-state index in [4.69, 9.17) is 10.2 Å². The van der Waals surface area contributed by atoms with Crippen molar-refractivity contribution in [1.29, 1.82) is 0 Å². The zero-order valence-corrected chi connectivity index (χ0v) is 5.43. The van der Waals surface area contributed by atoms with Gasteiger partial charge in [0.1, 0.15) is 6.10 Å². The van der Waals surface area contributed by atoms with Crippen LogP contribution in [-0.4, -0.2) is 34.4 Å². The lowest BCUT2D eigenvalue weighted by atomic mass is 10.3. The van der Waals surface area contributed by atoms with E-state index in [-0.39, 0.29) is 0 Å². The minimum atomic E-state index is -1.11. The predicted molar refractivity (Wildman–Crippen MR) is 33.1 cm³/mol. The average molecular weight is 158 g/mol. The maximum Gasteiger partial charge on any atom is 0.335 e. The molecule has 60 valence electrons. The summed E-state index contributed by atoms with van der Waals surface area (Å²) in [5, 5.41) is 16.4. The van der Waals surface area contributed by atoms with E-state index in [2.05, 4.69) is 4.74 Å². The first-order valence-electron chi connectivity index (χ1n) is 2.90. The van der Waals surface area contributed by atoms with Crippen LogP contribution in [0.4, 0.5) is 0 Å². The van der Waals surface area contributed by atoms with Gasteiger partial charge in [0.15, 0.2) is 6.10 Å². The molecular weight excluding hydrogens is 152 g/mol. The number of carbonyl (C=O) groups is 2. The van der Waals surface area contributed by atoms with Crippen molar-refractivity contribution in [1.82, 2.24) is 0 Å². The van der Waals surface area contributed by atoms with E-state index in [9.17, 15) is 9.59 Å². The number of carboxylic acids is 2. The van der Waals surface area contributed by atoms with Gasteiger partial charge < -0.3 is 14.9 Å². The number of epoxide rings is 1. The minimum Gasteiger partial charge on any atom is -0.479 e. The molecule has 1 rings (SSSR count). The third-order valence-corrected chi connectivity index (χ3v) is 1.20. The number of hydrogen-bond acceptors (Lipinski definition) is 3. The van der Waals surface area contributed by atoms with E-state index in [1.54, 1.807) is 0 Å². The Hall–Kier alpha value is -1.36. The molecule has 5 heteroatoms. The van der Waals surface area contributed by atoms with Gasteiger partial charge in [-0.2, -0.15) is 0 Å². The Balaban J connectivity index is 2.34. The second-order valence-electron chi connectivity index (χ2n) is 2.06. The van der Waals surface area contributed by atoms with Crippen LogP contribution in [0, 0.1) is 0 Å². The molecule has 2 unspecified atom stereocenters. The van der Waals surface area contributed by atoms with E-state index in [1.165, 1.54) is 6.08 Å². The lowest BCUT2D eigenvalue weighted by Gasteiger charge is -1.78. The van der Waals surface area contributed by atoms with E-state index in [1.807, 2.05) is 0 Å². The lowest BCUT2D eigenvalue weighted by molar-refractivity contribution is -0.138. The Kier molecular flexibility index (Phi) is 1.91. The van der Waals surface area contributed by atoms with E-state index < -0.39 is 24.1 Å². The SMILES string of the molecule is O=C(O)C=CC1OC1C(=O)O. The van der Waals surface area contributed by atoms with Gasteiger partial charge in [-0.15, -0.1) is 0 Å². The Morgan fingerprint density at radius 3 is 2.36 bits per heavy atom. The molecule has 0 amide bonds. The fourth-order valence-corrected chi connectivity index (χ4v) is 0.646. The third kappa shape index (κ3) is 2.05. The summed E-state index contributed by atoms with van der Waals surface area (Å²) in [5.41, 5.74) is 0. The quantitative estimate of drug-likeness (QED) is 0.426. The highest BCUT2D eigenvalue weighted by molar-refractivity contribution is 5.81. The van der Waals surface area contributed by atoms with Crippen molar-refractivity contribution in [3.05, 3.63) is 12.2 Å². The molecule has 2 atom stereocenters. The second-order valence-corrected chi connectivity index (χ2v) is 2.06. The maximum atomic E-state index is 10.1. The molecule has 0 bridgehead atoms. The van der Waals surface area contributed by atoms with Crippen LogP contribution in [0.25, 0.3) is 0 Å². The highest BCUT2D eigenvalue weighted by Gasteiger charge is 2.43. The Labute approximate surface area is 61.9 Å². The zero-order valence-electron chi connectivity index (χ0n) is 5.43. The third-order valence-electron chi connectivity index (χ3n) is 1.20. The molecule has 1 saturated heterocycles. The van der Waals surface area contributed by atoms with Gasteiger partial charge >= 0.3 is 11.9 Å². The number of rotatable bonds is 3. The van der Waals surface area contributed by atoms with Crippen molar-refractivity contribution in [2.45, 2.75) is 12.2 Å². The molecule has 0 saturated carbocycles.